The number of rotatable bonds is 13. The predicted octanol–water partition coefficient (Wildman–Crippen LogP) is 0.596. The molecule has 0 aromatic rings. The maximum absolute atomic E-state index is 11.2. The van der Waals surface area contributed by atoms with Crippen LogP contribution in [0.4, 0.5) is 0 Å². The van der Waals surface area contributed by atoms with Gasteiger partial charge in [-0.25, -0.2) is 8.42 Å². The summed E-state index contributed by atoms with van der Waals surface area (Å²) in [5, 5.41) is 8.98. The molecule has 0 spiro atoms. The maximum Gasteiger partial charge on any atom is 1.00 e. The van der Waals surface area contributed by atoms with Crippen LogP contribution >= 0.6 is 0 Å². The van der Waals surface area contributed by atoms with Crippen molar-refractivity contribution in [1.82, 2.24) is 0 Å². The van der Waals surface area contributed by atoms with Crippen LogP contribution in [0.1, 0.15) is 84.5 Å². The van der Waals surface area contributed by atoms with E-state index in [1.165, 1.54) is 0 Å². The van der Waals surface area contributed by atoms with Crippen LogP contribution in [0.2, 0.25) is 0 Å². The molecule has 0 amide bonds. The quantitative estimate of drug-likeness (QED) is 0.305. The third-order valence-corrected chi connectivity index (χ3v) is 5.04. The van der Waals surface area contributed by atoms with Gasteiger partial charge >= 0.3 is 29.6 Å². The molecule has 1 N–H and O–H groups in total. The molecule has 4 nitrogen and oxygen atoms in total. The number of aliphatic hydroxyl groups is 1. The summed E-state index contributed by atoms with van der Waals surface area (Å²) in [6.07, 6.45) is 8.45. The molecule has 0 rings (SSSR count). The second-order valence-electron chi connectivity index (χ2n) is 5.69. The van der Waals surface area contributed by atoms with E-state index in [9.17, 15) is 18.1 Å². The van der Waals surface area contributed by atoms with Gasteiger partial charge in [0, 0.05) is 5.25 Å². The van der Waals surface area contributed by atoms with Crippen LogP contribution < -0.4 is 29.6 Å². The van der Waals surface area contributed by atoms with Crippen LogP contribution in [-0.4, -0.2) is 29.4 Å². The first kappa shape index (κ1) is 24.1. The van der Waals surface area contributed by atoms with Crippen molar-refractivity contribution in [3.8, 4) is 0 Å². The molecule has 0 aromatic heterocycles. The Hall–Kier alpha value is 0.870. The predicted molar refractivity (Wildman–Crippen MR) is 81.6 cm³/mol. The van der Waals surface area contributed by atoms with Crippen LogP contribution in [0.25, 0.3) is 0 Å². The molecule has 0 radical (unpaired) electrons. The smallest absolute Gasteiger partial charge is 0.748 e. The van der Waals surface area contributed by atoms with Crippen molar-refractivity contribution in [2.45, 2.75) is 95.8 Å². The molecule has 2 unspecified atom stereocenters. The van der Waals surface area contributed by atoms with Crippen molar-refractivity contribution < 1.29 is 47.6 Å². The first-order chi connectivity index (χ1) is 9.41. The van der Waals surface area contributed by atoms with Crippen molar-refractivity contribution in [3.05, 3.63) is 0 Å². The summed E-state index contributed by atoms with van der Waals surface area (Å²) in [7, 11) is -4.23. The fourth-order valence-corrected chi connectivity index (χ4v) is 3.26. The molecule has 21 heavy (non-hydrogen) atoms. The van der Waals surface area contributed by atoms with Crippen molar-refractivity contribution in [2.75, 3.05) is 0 Å². The Morgan fingerprint density at radius 1 is 0.857 bits per heavy atom. The van der Waals surface area contributed by atoms with Crippen molar-refractivity contribution in [3.63, 3.8) is 0 Å². The standard InChI is InChI=1S/C15H32O4S.Na/c1-3-5-7-9-11-15(20(17,18)19)13-12-14(16)10-8-6-4-2;/h14-16H,3-13H2,1-2H3,(H,17,18,19);/q;+1/p-1. The molecule has 0 fully saturated rings. The minimum Gasteiger partial charge on any atom is -0.748 e. The molecule has 0 aliphatic rings. The van der Waals surface area contributed by atoms with E-state index in [0.29, 0.717) is 25.7 Å². The number of unbranched alkanes of at least 4 members (excludes halogenated alkanes) is 5. The zero-order valence-electron chi connectivity index (χ0n) is 14.0. The Morgan fingerprint density at radius 2 is 1.38 bits per heavy atom. The van der Waals surface area contributed by atoms with Crippen LogP contribution in [0.5, 0.6) is 0 Å². The monoisotopic (exact) mass is 330 g/mol. The molecule has 0 aliphatic heterocycles. The summed E-state index contributed by atoms with van der Waals surface area (Å²) >= 11 is 0. The molecule has 122 valence electrons. The van der Waals surface area contributed by atoms with Gasteiger partial charge in [0.1, 0.15) is 0 Å². The molecule has 0 saturated carbocycles. The molecule has 0 bridgehead atoms. The summed E-state index contributed by atoms with van der Waals surface area (Å²) in [5.41, 5.74) is 0. The van der Waals surface area contributed by atoms with Gasteiger partial charge in [0.25, 0.3) is 0 Å². The minimum atomic E-state index is -4.23. The van der Waals surface area contributed by atoms with Gasteiger partial charge in [0.05, 0.1) is 16.2 Å². The summed E-state index contributed by atoms with van der Waals surface area (Å²) in [6, 6.07) is 0. The third kappa shape index (κ3) is 14.2. The second kappa shape index (κ2) is 14.5. The van der Waals surface area contributed by atoms with Gasteiger partial charge in [-0.3, -0.25) is 0 Å². The molecule has 6 heteroatoms. The molecule has 0 heterocycles. The fraction of sp³-hybridized carbons (Fsp3) is 1.00. The minimum absolute atomic E-state index is 0. The first-order valence-electron chi connectivity index (χ1n) is 8.04. The van der Waals surface area contributed by atoms with Gasteiger partial charge < -0.3 is 9.66 Å². The van der Waals surface area contributed by atoms with Crippen LogP contribution in [0, 0.1) is 0 Å². The molecular weight excluding hydrogens is 299 g/mol. The molecular formula is C15H31NaO4S. The summed E-state index contributed by atoms with van der Waals surface area (Å²) in [6.45, 7) is 4.19. The Kier molecular flexibility index (Phi) is 16.6. The van der Waals surface area contributed by atoms with Gasteiger partial charge in [-0.2, -0.15) is 0 Å². The normalized spacial score (nSPS) is 14.5. The van der Waals surface area contributed by atoms with E-state index in [1.807, 2.05) is 0 Å². The molecule has 0 aliphatic carbocycles. The first-order valence-corrected chi connectivity index (χ1v) is 9.51. The second-order valence-corrected chi connectivity index (χ2v) is 7.34. The molecule has 2 atom stereocenters. The van der Waals surface area contributed by atoms with E-state index in [-0.39, 0.29) is 29.6 Å². The van der Waals surface area contributed by atoms with Gasteiger partial charge in [-0.15, -0.1) is 0 Å². The van der Waals surface area contributed by atoms with Gasteiger partial charge in [0.15, 0.2) is 0 Å². The van der Waals surface area contributed by atoms with Crippen LogP contribution in [-0.2, 0) is 10.1 Å². The van der Waals surface area contributed by atoms with Gasteiger partial charge in [-0.1, -0.05) is 58.8 Å². The zero-order valence-corrected chi connectivity index (χ0v) is 16.8. The zero-order chi connectivity index (χ0) is 15.4. The van der Waals surface area contributed by atoms with Crippen molar-refractivity contribution >= 4 is 10.1 Å². The molecule has 0 saturated heterocycles. The maximum atomic E-state index is 11.2. The average Bonchev–Trinajstić information content (AvgIpc) is 2.36. The van der Waals surface area contributed by atoms with Crippen LogP contribution in [0.3, 0.4) is 0 Å². The van der Waals surface area contributed by atoms with E-state index in [4.69, 9.17) is 0 Å². The van der Waals surface area contributed by atoms with E-state index < -0.39 is 21.5 Å². The molecule has 0 aromatic carbocycles. The van der Waals surface area contributed by atoms with Crippen molar-refractivity contribution in [2.24, 2.45) is 0 Å². The number of hydrogen-bond donors (Lipinski definition) is 1. The Labute approximate surface area is 153 Å². The van der Waals surface area contributed by atoms with E-state index in [2.05, 4.69) is 13.8 Å². The number of aliphatic hydroxyl groups excluding tert-OH is 1. The summed E-state index contributed by atoms with van der Waals surface area (Å²) < 4.78 is 33.7. The third-order valence-electron chi connectivity index (χ3n) is 3.75. The van der Waals surface area contributed by atoms with Crippen LogP contribution in [0.15, 0.2) is 0 Å². The number of hydrogen-bond acceptors (Lipinski definition) is 4. The summed E-state index contributed by atoms with van der Waals surface area (Å²) in [4.78, 5) is 0. The van der Waals surface area contributed by atoms with Crippen molar-refractivity contribution in [1.29, 1.82) is 0 Å². The van der Waals surface area contributed by atoms with E-state index in [0.717, 1.165) is 44.9 Å². The largest absolute Gasteiger partial charge is 1.00 e. The van der Waals surface area contributed by atoms with E-state index in [1.54, 1.807) is 0 Å². The van der Waals surface area contributed by atoms with E-state index >= 15 is 0 Å². The Balaban J connectivity index is 0. The Bertz CT molecular complexity index is 320. The van der Waals surface area contributed by atoms with Gasteiger partial charge in [-0.05, 0) is 25.7 Å². The topological polar surface area (TPSA) is 77.4 Å². The van der Waals surface area contributed by atoms with Gasteiger partial charge in [0.2, 0.25) is 0 Å². The fourth-order valence-electron chi connectivity index (χ4n) is 2.38. The average molecular weight is 330 g/mol. The SMILES string of the molecule is CCCCCCC(CCC(O)CCCCC)S(=O)(=O)[O-].[Na+]. The Morgan fingerprint density at radius 3 is 1.90 bits per heavy atom. The summed E-state index contributed by atoms with van der Waals surface area (Å²) in [5.74, 6) is 0.